The van der Waals surface area contributed by atoms with E-state index < -0.39 is 23.8 Å². The number of primary amides is 1. The van der Waals surface area contributed by atoms with E-state index in [0.29, 0.717) is 5.56 Å². The lowest BCUT2D eigenvalue weighted by Crippen LogP contribution is -2.41. The van der Waals surface area contributed by atoms with Crippen LogP contribution in [0.15, 0.2) is 48.8 Å². The summed E-state index contributed by atoms with van der Waals surface area (Å²) in [5.41, 5.74) is 7.14. The second kappa shape index (κ2) is 7.87. The Hall–Kier alpha value is -3.22. The first-order chi connectivity index (χ1) is 11.5. The molecule has 7 nitrogen and oxygen atoms in total. The Morgan fingerprint density at radius 1 is 1.12 bits per heavy atom. The van der Waals surface area contributed by atoms with Crippen molar-refractivity contribution >= 4 is 17.8 Å². The molecule has 1 aromatic carbocycles. The molecule has 2 rings (SSSR count). The lowest BCUT2D eigenvalue weighted by molar-refractivity contribution is -0.139. The summed E-state index contributed by atoms with van der Waals surface area (Å²) in [5.74, 6) is -2.35. The summed E-state index contributed by atoms with van der Waals surface area (Å²) in [6.07, 6.45) is 3.21. The van der Waals surface area contributed by atoms with Gasteiger partial charge in [-0.3, -0.25) is 14.6 Å². The Balaban J connectivity index is 2.06. The van der Waals surface area contributed by atoms with Gasteiger partial charge >= 0.3 is 5.97 Å². The molecular formula is C17H17N3O4. The van der Waals surface area contributed by atoms with Crippen LogP contribution < -0.4 is 11.1 Å². The van der Waals surface area contributed by atoms with Gasteiger partial charge < -0.3 is 16.2 Å². The Bertz CT molecular complexity index is 729. The molecule has 4 N–H and O–H groups in total. The average molecular weight is 327 g/mol. The Labute approximate surface area is 138 Å². The lowest BCUT2D eigenvalue weighted by atomic mass is 10.0. The largest absolute Gasteiger partial charge is 0.480 e. The van der Waals surface area contributed by atoms with Crippen molar-refractivity contribution in [3.63, 3.8) is 0 Å². The number of nitrogens with one attached hydrogen (secondary N) is 1. The number of amides is 2. The summed E-state index contributed by atoms with van der Waals surface area (Å²) in [6, 6.07) is 9.26. The van der Waals surface area contributed by atoms with Gasteiger partial charge in [-0.25, -0.2) is 4.79 Å². The highest BCUT2D eigenvalue weighted by Crippen LogP contribution is 2.18. The van der Waals surface area contributed by atoms with Crippen LogP contribution in [-0.4, -0.2) is 33.9 Å². The number of aliphatic carboxylic acids is 1. The SMILES string of the molecule is NC(=O)CC[C@H](NC(=O)c1ccc(-c2cccnc2)cc1)C(=O)O. The number of hydrogen-bond acceptors (Lipinski definition) is 4. The molecule has 0 unspecified atom stereocenters. The van der Waals surface area contributed by atoms with Crippen molar-refractivity contribution in [1.29, 1.82) is 0 Å². The van der Waals surface area contributed by atoms with Crippen molar-refractivity contribution < 1.29 is 19.5 Å². The number of rotatable bonds is 7. The zero-order valence-electron chi connectivity index (χ0n) is 12.8. The van der Waals surface area contributed by atoms with E-state index >= 15 is 0 Å². The fourth-order valence-corrected chi connectivity index (χ4v) is 2.13. The topological polar surface area (TPSA) is 122 Å². The molecule has 1 atom stereocenters. The number of carboxylic acids is 1. The van der Waals surface area contributed by atoms with E-state index in [0.717, 1.165) is 11.1 Å². The molecule has 0 aliphatic carbocycles. The molecule has 1 heterocycles. The van der Waals surface area contributed by atoms with Crippen molar-refractivity contribution in [3.05, 3.63) is 54.4 Å². The third kappa shape index (κ3) is 4.64. The first-order valence-electron chi connectivity index (χ1n) is 7.30. The van der Waals surface area contributed by atoms with Crippen molar-refractivity contribution in [1.82, 2.24) is 10.3 Å². The van der Waals surface area contributed by atoms with E-state index in [-0.39, 0.29) is 12.8 Å². The molecule has 0 aliphatic rings. The zero-order valence-corrected chi connectivity index (χ0v) is 12.8. The molecule has 0 bridgehead atoms. The van der Waals surface area contributed by atoms with Gasteiger partial charge in [0, 0.05) is 24.4 Å². The fraction of sp³-hybridized carbons (Fsp3) is 0.176. The van der Waals surface area contributed by atoms with Crippen LogP contribution in [0.4, 0.5) is 0 Å². The van der Waals surface area contributed by atoms with Crippen LogP contribution in [0.1, 0.15) is 23.2 Å². The van der Waals surface area contributed by atoms with Crippen LogP contribution in [0.25, 0.3) is 11.1 Å². The Morgan fingerprint density at radius 3 is 2.38 bits per heavy atom. The van der Waals surface area contributed by atoms with E-state index in [9.17, 15) is 14.4 Å². The van der Waals surface area contributed by atoms with E-state index in [1.54, 1.807) is 36.7 Å². The minimum atomic E-state index is -1.21. The molecule has 0 saturated carbocycles. The summed E-state index contributed by atoms with van der Waals surface area (Å²) in [6.45, 7) is 0. The normalized spacial score (nSPS) is 11.5. The maximum Gasteiger partial charge on any atom is 0.326 e. The van der Waals surface area contributed by atoms with Crippen LogP contribution in [-0.2, 0) is 9.59 Å². The Morgan fingerprint density at radius 2 is 1.83 bits per heavy atom. The number of carboxylic acid groups (broad SMARTS) is 1. The number of nitrogens with zero attached hydrogens (tertiary/aromatic N) is 1. The number of nitrogens with two attached hydrogens (primary N) is 1. The molecular weight excluding hydrogens is 310 g/mol. The molecule has 1 aromatic heterocycles. The molecule has 0 fully saturated rings. The van der Waals surface area contributed by atoms with Gasteiger partial charge in [-0.1, -0.05) is 18.2 Å². The van der Waals surface area contributed by atoms with Crippen molar-refractivity contribution in [3.8, 4) is 11.1 Å². The highest BCUT2D eigenvalue weighted by molar-refractivity contribution is 5.97. The van der Waals surface area contributed by atoms with Crippen molar-refractivity contribution in [2.24, 2.45) is 5.73 Å². The minimum absolute atomic E-state index is 0.0514. The van der Waals surface area contributed by atoms with Gasteiger partial charge in [-0.2, -0.15) is 0 Å². The predicted octanol–water partition coefficient (Wildman–Crippen LogP) is 1.20. The number of pyridine rings is 1. The average Bonchev–Trinajstić information content (AvgIpc) is 2.59. The van der Waals surface area contributed by atoms with E-state index in [1.807, 2.05) is 12.1 Å². The van der Waals surface area contributed by atoms with Gasteiger partial charge in [-0.05, 0) is 35.7 Å². The molecule has 0 saturated heterocycles. The van der Waals surface area contributed by atoms with Gasteiger partial charge in [0.15, 0.2) is 0 Å². The van der Waals surface area contributed by atoms with Gasteiger partial charge in [0.05, 0.1) is 0 Å². The Kier molecular flexibility index (Phi) is 5.62. The molecule has 0 spiro atoms. The van der Waals surface area contributed by atoms with Crippen LogP contribution in [0.3, 0.4) is 0 Å². The molecule has 7 heteroatoms. The van der Waals surface area contributed by atoms with Crippen LogP contribution >= 0.6 is 0 Å². The molecule has 2 amide bonds. The number of benzene rings is 1. The summed E-state index contributed by atoms with van der Waals surface area (Å²) >= 11 is 0. The molecule has 24 heavy (non-hydrogen) atoms. The van der Waals surface area contributed by atoms with Crippen LogP contribution in [0.2, 0.25) is 0 Å². The second-order valence-corrected chi connectivity index (χ2v) is 5.19. The van der Waals surface area contributed by atoms with Crippen LogP contribution in [0, 0.1) is 0 Å². The first-order valence-corrected chi connectivity index (χ1v) is 7.30. The molecule has 0 aliphatic heterocycles. The molecule has 124 valence electrons. The predicted molar refractivity (Wildman–Crippen MR) is 87.0 cm³/mol. The fourth-order valence-electron chi connectivity index (χ4n) is 2.13. The maximum absolute atomic E-state index is 12.1. The second-order valence-electron chi connectivity index (χ2n) is 5.19. The van der Waals surface area contributed by atoms with E-state index in [1.165, 1.54) is 0 Å². The van der Waals surface area contributed by atoms with E-state index in [2.05, 4.69) is 10.3 Å². The maximum atomic E-state index is 12.1. The number of hydrogen-bond donors (Lipinski definition) is 3. The minimum Gasteiger partial charge on any atom is -0.480 e. The molecule has 0 radical (unpaired) electrons. The van der Waals surface area contributed by atoms with E-state index in [4.69, 9.17) is 10.8 Å². The standard InChI is InChI=1S/C17H17N3O4/c18-15(21)8-7-14(17(23)24)20-16(22)12-5-3-11(4-6-12)13-2-1-9-19-10-13/h1-6,9-10,14H,7-8H2,(H2,18,21)(H,20,22)(H,23,24)/t14-/m0/s1. The summed E-state index contributed by atoms with van der Waals surface area (Å²) in [5, 5.41) is 11.5. The smallest absolute Gasteiger partial charge is 0.326 e. The highest BCUT2D eigenvalue weighted by Gasteiger charge is 2.21. The zero-order chi connectivity index (χ0) is 17.5. The first kappa shape index (κ1) is 17.1. The molecule has 2 aromatic rings. The highest BCUT2D eigenvalue weighted by atomic mass is 16.4. The summed E-state index contributed by atoms with van der Waals surface area (Å²) in [4.78, 5) is 38.1. The van der Waals surface area contributed by atoms with Crippen LogP contribution in [0.5, 0.6) is 0 Å². The lowest BCUT2D eigenvalue weighted by Gasteiger charge is -2.14. The van der Waals surface area contributed by atoms with Gasteiger partial charge in [-0.15, -0.1) is 0 Å². The van der Waals surface area contributed by atoms with Gasteiger partial charge in [0.1, 0.15) is 6.04 Å². The number of carbonyl (C=O) groups is 3. The third-order valence-electron chi connectivity index (χ3n) is 3.42. The van der Waals surface area contributed by atoms with Gasteiger partial charge in [0.25, 0.3) is 5.91 Å². The number of carbonyl (C=O) groups excluding carboxylic acids is 2. The summed E-state index contributed by atoms with van der Waals surface area (Å²) in [7, 11) is 0. The summed E-state index contributed by atoms with van der Waals surface area (Å²) < 4.78 is 0. The monoisotopic (exact) mass is 327 g/mol. The number of aromatic nitrogens is 1. The third-order valence-corrected chi connectivity index (χ3v) is 3.42. The van der Waals surface area contributed by atoms with Gasteiger partial charge in [0.2, 0.25) is 5.91 Å². The van der Waals surface area contributed by atoms with Crippen molar-refractivity contribution in [2.45, 2.75) is 18.9 Å². The quantitative estimate of drug-likeness (QED) is 0.705. The van der Waals surface area contributed by atoms with Crippen molar-refractivity contribution in [2.75, 3.05) is 0 Å².